The van der Waals surface area contributed by atoms with Gasteiger partial charge in [-0.15, -0.1) is 0 Å². The number of hydrogen-bond donors (Lipinski definition) is 1. The highest BCUT2D eigenvalue weighted by Crippen LogP contribution is 2.32. The molecule has 0 radical (unpaired) electrons. The summed E-state index contributed by atoms with van der Waals surface area (Å²) >= 11 is 12.0. The molecule has 0 fully saturated rings. The molecule has 0 saturated carbocycles. The number of nitrogens with one attached hydrogen (secondary N) is 1. The van der Waals surface area contributed by atoms with Crippen molar-refractivity contribution in [2.75, 3.05) is 12.4 Å². The van der Waals surface area contributed by atoms with E-state index >= 15 is 0 Å². The van der Waals surface area contributed by atoms with Crippen molar-refractivity contribution < 1.29 is 19.0 Å². The number of nitrogens with zero attached hydrogens (tertiary/aromatic N) is 3. The molecular formula is C17H12Cl2N4O5. The molecule has 28 heavy (non-hydrogen) atoms. The number of methoxy groups -OCH3 is 1. The zero-order chi connectivity index (χ0) is 20.3. The fraction of sp³-hybridized carbons (Fsp3) is 0.118. The Morgan fingerprint density at radius 1 is 1.32 bits per heavy atom. The maximum Gasteiger partial charge on any atom is 0.339 e. The van der Waals surface area contributed by atoms with Crippen LogP contribution in [0.25, 0.3) is 11.4 Å². The molecule has 0 spiro atoms. The first-order valence-corrected chi connectivity index (χ1v) is 8.53. The van der Waals surface area contributed by atoms with Crippen molar-refractivity contribution in [3.8, 4) is 11.4 Å². The van der Waals surface area contributed by atoms with Gasteiger partial charge in [0.2, 0.25) is 11.7 Å². The van der Waals surface area contributed by atoms with Gasteiger partial charge in [0.15, 0.2) is 0 Å². The fourth-order valence-corrected chi connectivity index (χ4v) is 2.79. The van der Waals surface area contributed by atoms with Crippen LogP contribution in [0, 0.1) is 10.1 Å². The highest BCUT2D eigenvalue weighted by Gasteiger charge is 2.22. The molecule has 3 rings (SSSR count). The summed E-state index contributed by atoms with van der Waals surface area (Å²) in [5.41, 5.74) is 0.297. The van der Waals surface area contributed by atoms with Gasteiger partial charge >= 0.3 is 5.97 Å². The van der Waals surface area contributed by atoms with Crippen molar-refractivity contribution in [3.63, 3.8) is 0 Å². The van der Waals surface area contributed by atoms with Gasteiger partial charge in [0.1, 0.15) is 5.69 Å². The third kappa shape index (κ3) is 4.21. The highest BCUT2D eigenvalue weighted by atomic mass is 35.5. The van der Waals surface area contributed by atoms with E-state index in [-0.39, 0.29) is 34.4 Å². The molecule has 1 N–H and O–H groups in total. The van der Waals surface area contributed by atoms with E-state index in [0.29, 0.717) is 16.4 Å². The molecule has 3 aromatic rings. The van der Waals surface area contributed by atoms with Gasteiger partial charge in [-0.25, -0.2) is 4.79 Å². The molecule has 0 unspecified atom stereocenters. The van der Waals surface area contributed by atoms with Crippen LogP contribution in [0.4, 0.5) is 11.4 Å². The summed E-state index contributed by atoms with van der Waals surface area (Å²) in [7, 11) is 1.16. The number of benzene rings is 2. The molecule has 0 saturated heterocycles. The van der Waals surface area contributed by atoms with E-state index < -0.39 is 10.9 Å². The Labute approximate surface area is 168 Å². The van der Waals surface area contributed by atoms with Gasteiger partial charge in [-0.2, -0.15) is 4.98 Å². The van der Waals surface area contributed by atoms with Gasteiger partial charge in [-0.3, -0.25) is 10.1 Å². The zero-order valence-corrected chi connectivity index (χ0v) is 15.8. The molecule has 1 aromatic heterocycles. The summed E-state index contributed by atoms with van der Waals surface area (Å²) in [5.74, 6) is -0.256. The van der Waals surface area contributed by atoms with Gasteiger partial charge in [-0.1, -0.05) is 40.5 Å². The fourth-order valence-electron chi connectivity index (χ4n) is 2.36. The molecule has 11 heteroatoms. The molecule has 0 aliphatic heterocycles. The number of rotatable bonds is 6. The number of carbonyl (C=O) groups is 1. The first-order chi connectivity index (χ1) is 13.4. The molecule has 0 aliphatic rings. The van der Waals surface area contributed by atoms with Gasteiger partial charge in [0, 0.05) is 16.7 Å². The highest BCUT2D eigenvalue weighted by molar-refractivity contribution is 6.34. The van der Waals surface area contributed by atoms with Crippen molar-refractivity contribution in [2.24, 2.45) is 0 Å². The quantitative estimate of drug-likeness (QED) is 0.353. The summed E-state index contributed by atoms with van der Waals surface area (Å²) in [6, 6.07) is 9.22. The number of hydrogen-bond acceptors (Lipinski definition) is 8. The van der Waals surface area contributed by atoms with E-state index in [4.69, 9.17) is 27.7 Å². The van der Waals surface area contributed by atoms with Crippen molar-refractivity contribution in [2.45, 2.75) is 6.54 Å². The summed E-state index contributed by atoms with van der Waals surface area (Å²) in [4.78, 5) is 26.6. The first-order valence-electron chi connectivity index (χ1n) is 7.77. The van der Waals surface area contributed by atoms with Gasteiger partial charge < -0.3 is 14.6 Å². The van der Waals surface area contributed by atoms with Gasteiger partial charge in [0.05, 0.1) is 29.2 Å². The predicted octanol–water partition coefficient (Wildman–Crippen LogP) is 4.35. The average molecular weight is 423 g/mol. The van der Waals surface area contributed by atoms with Crippen LogP contribution in [0.2, 0.25) is 10.0 Å². The number of aromatic nitrogens is 2. The zero-order valence-electron chi connectivity index (χ0n) is 14.3. The van der Waals surface area contributed by atoms with E-state index in [0.717, 1.165) is 13.2 Å². The van der Waals surface area contributed by atoms with Crippen LogP contribution in [0.1, 0.15) is 16.2 Å². The standard InChI is InChI=1S/C17H12Cl2N4O5/c1-27-17(24)11-6-14(23(25)26)13(7-12(11)19)20-8-15-21-16(22-28-15)9-3-2-4-10(18)5-9/h2-7,20H,8H2,1H3. The average Bonchev–Trinajstić information content (AvgIpc) is 3.14. The van der Waals surface area contributed by atoms with E-state index in [1.165, 1.54) is 6.07 Å². The monoisotopic (exact) mass is 422 g/mol. The lowest BCUT2D eigenvalue weighted by Gasteiger charge is -2.08. The summed E-state index contributed by atoms with van der Waals surface area (Å²) in [6.07, 6.45) is 0. The topological polar surface area (TPSA) is 120 Å². The second-order valence-corrected chi connectivity index (χ2v) is 6.32. The third-order valence-corrected chi connectivity index (χ3v) is 4.22. The second kappa shape index (κ2) is 8.24. The number of ether oxygens (including phenoxy) is 1. The Morgan fingerprint density at radius 2 is 2.11 bits per heavy atom. The number of esters is 1. The molecule has 0 bridgehead atoms. The normalized spacial score (nSPS) is 10.5. The maximum absolute atomic E-state index is 11.7. The van der Waals surface area contributed by atoms with Crippen LogP contribution in [0.5, 0.6) is 0 Å². The molecule has 0 amide bonds. The number of halogens is 2. The minimum Gasteiger partial charge on any atom is -0.465 e. The summed E-state index contributed by atoms with van der Waals surface area (Å²) in [6.45, 7) is 0.00229. The van der Waals surface area contributed by atoms with Crippen molar-refractivity contribution in [3.05, 3.63) is 68.0 Å². The molecule has 9 nitrogen and oxygen atoms in total. The molecule has 2 aromatic carbocycles. The Bertz CT molecular complexity index is 1050. The first kappa shape index (κ1) is 19.6. The van der Waals surface area contributed by atoms with Crippen LogP contribution < -0.4 is 5.32 Å². The van der Waals surface area contributed by atoms with Crippen molar-refractivity contribution >= 4 is 40.5 Å². The largest absolute Gasteiger partial charge is 0.465 e. The molecular weight excluding hydrogens is 411 g/mol. The number of anilines is 1. The SMILES string of the molecule is COC(=O)c1cc([N+](=O)[O-])c(NCc2nc(-c3cccc(Cl)c3)no2)cc1Cl. The van der Waals surface area contributed by atoms with Gasteiger partial charge in [-0.05, 0) is 18.2 Å². The van der Waals surface area contributed by atoms with Crippen LogP contribution in [0.15, 0.2) is 40.9 Å². The van der Waals surface area contributed by atoms with Crippen molar-refractivity contribution in [1.29, 1.82) is 0 Å². The Balaban J connectivity index is 1.82. The van der Waals surface area contributed by atoms with E-state index in [1.54, 1.807) is 24.3 Å². The Hall–Kier alpha value is -3.17. The minimum atomic E-state index is -0.775. The van der Waals surface area contributed by atoms with Crippen LogP contribution in [-0.4, -0.2) is 28.1 Å². The lowest BCUT2D eigenvalue weighted by molar-refractivity contribution is -0.384. The van der Waals surface area contributed by atoms with Crippen LogP contribution >= 0.6 is 23.2 Å². The molecule has 144 valence electrons. The van der Waals surface area contributed by atoms with E-state index in [9.17, 15) is 14.9 Å². The molecule has 0 atom stereocenters. The van der Waals surface area contributed by atoms with Crippen molar-refractivity contribution in [1.82, 2.24) is 10.1 Å². The lowest BCUT2D eigenvalue weighted by atomic mass is 10.1. The van der Waals surface area contributed by atoms with Crippen LogP contribution in [0.3, 0.4) is 0 Å². The number of carbonyl (C=O) groups excluding carboxylic acids is 1. The van der Waals surface area contributed by atoms with E-state index in [2.05, 4.69) is 20.2 Å². The molecule has 0 aliphatic carbocycles. The summed E-state index contributed by atoms with van der Waals surface area (Å²) < 4.78 is 9.71. The second-order valence-electron chi connectivity index (χ2n) is 5.47. The summed E-state index contributed by atoms with van der Waals surface area (Å²) in [5, 5.41) is 18.5. The number of nitro benzene ring substituents is 1. The smallest absolute Gasteiger partial charge is 0.339 e. The Kier molecular flexibility index (Phi) is 5.76. The predicted molar refractivity (Wildman–Crippen MR) is 102 cm³/mol. The van der Waals surface area contributed by atoms with E-state index in [1.807, 2.05) is 0 Å². The number of nitro groups is 1. The minimum absolute atomic E-state index is 0.00229. The van der Waals surface area contributed by atoms with Gasteiger partial charge in [0.25, 0.3) is 5.69 Å². The lowest BCUT2D eigenvalue weighted by Crippen LogP contribution is -2.07. The molecule has 1 heterocycles. The maximum atomic E-state index is 11.7. The Morgan fingerprint density at radius 3 is 2.79 bits per heavy atom. The van der Waals surface area contributed by atoms with Crippen LogP contribution in [-0.2, 0) is 11.3 Å². The third-order valence-electron chi connectivity index (χ3n) is 3.67.